The number of Topliss-reactive ketones (excluding diaryl/α,β-unsaturated/α-hetero) is 2. The topological polar surface area (TPSA) is 77.5 Å². The Kier molecular flexibility index (Phi) is 2.79. The van der Waals surface area contributed by atoms with Crippen molar-refractivity contribution >= 4 is 23.5 Å². The molecular formula is C17H14O5. The molecule has 0 radical (unpaired) electrons. The van der Waals surface area contributed by atoms with Gasteiger partial charge in [-0.15, -0.1) is 0 Å². The second kappa shape index (κ2) is 4.60. The van der Waals surface area contributed by atoms with Crippen LogP contribution in [0.5, 0.6) is 0 Å². The van der Waals surface area contributed by atoms with Crippen molar-refractivity contribution in [2.45, 2.75) is 31.1 Å². The fraction of sp³-hybridized carbons (Fsp3) is 0.412. The first kappa shape index (κ1) is 13.4. The standard InChI is InChI=1S/C17H14O5/c18-13-7-14(19)16-9-4-2-1-3-8(9)10(5-12(13)16)11-6-15(20)22-17(11)21/h1-4,10-12,16H,5-7H2. The number of ether oxygens (including phenoxy) is 1. The van der Waals surface area contributed by atoms with Gasteiger partial charge < -0.3 is 4.74 Å². The van der Waals surface area contributed by atoms with Crippen molar-refractivity contribution < 1.29 is 23.9 Å². The summed E-state index contributed by atoms with van der Waals surface area (Å²) in [5.41, 5.74) is 1.75. The monoisotopic (exact) mass is 298 g/mol. The highest BCUT2D eigenvalue weighted by Gasteiger charge is 2.51. The number of rotatable bonds is 1. The van der Waals surface area contributed by atoms with Crippen molar-refractivity contribution in [1.29, 1.82) is 0 Å². The molecule has 1 aliphatic heterocycles. The van der Waals surface area contributed by atoms with Gasteiger partial charge in [-0.2, -0.15) is 0 Å². The molecule has 3 aliphatic rings. The van der Waals surface area contributed by atoms with Crippen molar-refractivity contribution in [2.24, 2.45) is 11.8 Å². The third-order valence-corrected chi connectivity index (χ3v) is 5.14. The van der Waals surface area contributed by atoms with E-state index in [1.54, 1.807) is 0 Å². The summed E-state index contributed by atoms with van der Waals surface area (Å²) in [5, 5.41) is 0. The fourth-order valence-electron chi connectivity index (χ4n) is 4.19. The largest absolute Gasteiger partial charge is 0.393 e. The van der Waals surface area contributed by atoms with Crippen molar-refractivity contribution in [1.82, 2.24) is 0 Å². The minimum atomic E-state index is -0.543. The number of carbonyl (C=O) groups is 4. The Morgan fingerprint density at radius 1 is 0.864 bits per heavy atom. The van der Waals surface area contributed by atoms with Gasteiger partial charge in [-0.25, -0.2) is 0 Å². The zero-order chi connectivity index (χ0) is 15.4. The van der Waals surface area contributed by atoms with E-state index in [4.69, 9.17) is 0 Å². The number of cyclic esters (lactones) is 2. The molecule has 0 aromatic heterocycles. The fourth-order valence-corrected chi connectivity index (χ4v) is 4.19. The van der Waals surface area contributed by atoms with Gasteiger partial charge in [0.15, 0.2) is 0 Å². The minimum Gasteiger partial charge on any atom is -0.393 e. The number of carbonyl (C=O) groups excluding carboxylic acids is 4. The number of benzene rings is 1. The maximum atomic E-state index is 12.2. The van der Waals surface area contributed by atoms with E-state index in [-0.39, 0.29) is 42.2 Å². The van der Waals surface area contributed by atoms with Gasteiger partial charge in [0.05, 0.1) is 24.7 Å². The van der Waals surface area contributed by atoms with E-state index in [1.165, 1.54) is 0 Å². The predicted molar refractivity (Wildman–Crippen MR) is 73.9 cm³/mol. The second-order valence-corrected chi connectivity index (χ2v) is 6.27. The smallest absolute Gasteiger partial charge is 0.317 e. The molecule has 22 heavy (non-hydrogen) atoms. The lowest BCUT2D eigenvalue weighted by atomic mass is 9.67. The van der Waals surface area contributed by atoms with Crippen LogP contribution in [0.25, 0.3) is 0 Å². The van der Waals surface area contributed by atoms with Gasteiger partial charge >= 0.3 is 11.9 Å². The molecule has 4 rings (SSSR count). The summed E-state index contributed by atoms with van der Waals surface area (Å²) in [6.07, 6.45) is 0.473. The van der Waals surface area contributed by atoms with Crippen LogP contribution in [0.15, 0.2) is 24.3 Å². The first-order chi connectivity index (χ1) is 10.6. The molecule has 1 heterocycles. The third-order valence-electron chi connectivity index (χ3n) is 5.14. The highest BCUT2D eigenvalue weighted by atomic mass is 16.6. The summed E-state index contributed by atoms with van der Waals surface area (Å²) in [5.74, 6) is -2.63. The molecule has 0 spiro atoms. The Morgan fingerprint density at radius 3 is 2.27 bits per heavy atom. The number of ketones is 2. The molecule has 0 N–H and O–H groups in total. The lowest BCUT2D eigenvalue weighted by molar-refractivity contribution is -0.153. The lowest BCUT2D eigenvalue weighted by Crippen LogP contribution is -2.31. The van der Waals surface area contributed by atoms with Gasteiger partial charge in [0.2, 0.25) is 0 Å². The average Bonchev–Trinajstić information content (AvgIpc) is 2.97. The predicted octanol–water partition coefficient (Wildman–Crippen LogP) is 1.51. The van der Waals surface area contributed by atoms with Crippen LogP contribution in [0.4, 0.5) is 0 Å². The summed E-state index contributed by atoms with van der Waals surface area (Å²) in [6.45, 7) is 0. The summed E-state index contributed by atoms with van der Waals surface area (Å²) >= 11 is 0. The van der Waals surface area contributed by atoms with Crippen LogP contribution < -0.4 is 0 Å². The van der Waals surface area contributed by atoms with Crippen molar-refractivity contribution in [3.05, 3.63) is 35.4 Å². The molecule has 1 saturated carbocycles. The summed E-state index contributed by atoms with van der Waals surface area (Å²) in [7, 11) is 0. The third kappa shape index (κ3) is 1.78. The van der Waals surface area contributed by atoms with Gasteiger partial charge in [-0.3, -0.25) is 19.2 Å². The molecular weight excluding hydrogens is 284 g/mol. The van der Waals surface area contributed by atoms with Crippen molar-refractivity contribution in [3.8, 4) is 0 Å². The Labute approximate surface area is 126 Å². The summed E-state index contributed by atoms with van der Waals surface area (Å²) in [6, 6.07) is 7.45. The van der Waals surface area contributed by atoms with Crippen molar-refractivity contribution in [2.75, 3.05) is 0 Å². The first-order valence-corrected chi connectivity index (χ1v) is 7.45. The Balaban J connectivity index is 1.81. The van der Waals surface area contributed by atoms with Gasteiger partial charge in [0.25, 0.3) is 0 Å². The van der Waals surface area contributed by atoms with Gasteiger partial charge in [-0.1, -0.05) is 24.3 Å². The van der Waals surface area contributed by atoms with Crippen LogP contribution in [0.3, 0.4) is 0 Å². The molecule has 5 nitrogen and oxygen atoms in total. The van der Waals surface area contributed by atoms with Crippen LogP contribution in [0.1, 0.15) is 42.2 Å². The lowest BCUT2D eigenvalue weighted by Gasteiger charge is -2.34. The van der Waals surface area contributed by atoms with E-state index in [0.717, 1.165) is 11.1 Å². The maximum absolute atomic E-state index is 12.2. The number of esters is 2. The highest BCUT2D eigenvalue weighted by molar-refractivity contribution is 6.11. The zero-order valence-corrected chi connectivity index (χ0v) is 11.8. The molecule has 2 aliphatic carbocycles. The van der Waals surface area contributed by atoms with E-state index >= 15 is 0 Å². The maximum Gasteiger partial charge on any atom is 0.317 e. The van der Waals surface area contributed by atoms with Crippen molar-refractivity contribution in [3.63, 3.8) is 0 Å². The average molecular weight is 298 g/mol. The second-order valence-electron chi connectivity index (χ2n) is 6.27. The molecule has 1 saturated heterocycles. The molecule has 5 heteroatoms. The molecule has 1 aromatic rings. The SMILES string of the molecule is O=C1CC(C2CC3C(=O)CC(=O)C3c3ccccc32)C(=O)O1. The minimum absolute atomic E-state index is 0.0234. The summed E-state index contributed by atoms with van der Waals surface area (Å²) < 4.78 is 4.67. The van der Waals surface area contributed by atoms with Crippen LogP contribution in [-0.4, -0.2) is 23.5 Å². The van der Waals surface area contributed by atoms with Gasteiger partial charge in [-0.05, 0) is 23.5 Å². The van der Waals surface area contributed by atoms with E-state index in [2.05, 4.69) is 4.74 Å². The van der Waals surface area contributed by atoms with Gasteiger partial charge in [0, 0.05) is 5.92 Å². The molecule has 2 fully saturated rings. The molecule has 112 valence electrons. The van der Waals surface area contributed by atoms with Gasteiger partial charge in [0.1, 0.15) is 11.6 Å². The number of hydrogen-bond donors (Lipinski definition) is 0. The normalized spacial score (nSPS) is 33.6. The van der Waals surface area contributed by atoms with E-state index in [1.807, 2.05) is 24.3 Å². The van der Waals surface area contributed by atoms with E-state index in [9.17, 15) is 19.2 Å². The van der Waals surface area contributed by atoms with Crippen LogP contribution in [0.2, 0.25) is 0 Å². The quantitative estimate of drug-likeness (QED) is 0.580. The Bertz CT molecular complexity index is 720. The Hall–Kier alpha value is -2.30. The molecule has 4 unspecified atom stereocenters. The number of fused-ring (bicyclic) bond motifs is 3. The summed E-state index contributed by atoms with van der Waals surface area (Å²) in [4.78, 5) is 47.6. The highest BCUT2D eigenvalue weighted by Crippen LogP contribution is 2.51. The molecule has 0 bridgehead atoms. The number of hydrogen-bond acceptors (Lipinski definition) is 5. The zero-order valence-electron chi connectivity index (χ0n) is 11.8. The molecule has 0 amide bonds. The van der Waals surface area contributed by atoms with E-state index < -0.39 is 17.9 Å². The van der Waals surface area contributed by atoms with Crippen LogP contribution in [-0.2, 0) is 23.9 Å². The first-order valence-electron chi connectivity index (χ1n) is 7.45. The Morgan fingerprint density at radius 2 is 1.59 bits per heavy atom. The van der Waals surface area contributed by atoms with Crippen LogP contribution in [0, 0.1) is 11.8 Å². The van der Waals surface area contributed by atoms with Crippen LogP contribution >= 0.6 is 0 Å². The molecule has 1 aromatic carbocycles. The van der Waals surface area contributed by atoms with E-state index in [0.29, 0.717) is 6.42 Å². The molecule has 4 atom stereocenters.